The first-order valence-corrected chi connectivity index (χ1v) is 5.95. The molecule has 3 rings (SSSR count). The van der Waals surface area contributed by atoms with Gasteiger partial charge in [0, 0.05) is 12.3 Å². The van der Waals surface area contributed by atoms with Crippen molar-refractivity contribution < 1.29 is 14.0 Å². The zero-order chi connectivity index (χ0) is 12.5. The van der Waals surface area contributed by atoms with Gasteiger partial charge in [-0.3, -0.25) is 0 Å². The minimum atomic E-state index is -0.265. The summed E-state index contributed by atoms with van der Waals surface area (Å²) in [5.41, 5.74) is 0.816. The molecule has 5 heteroatoms. The number of nitrogens with zero attached hydrogens (tertiary/aromatic N) is 2. The summed E-state index contributed by atoms with van der Waals surface area (Å²) in [5, 5.41) is 13.1. The summed E-state index contributed by atoms with van der Waals surface area (Å²) in [6, 6.07) is 6.35. The highest BCUT2D eigenvalue weighted by Gasteiger charge is 2.32. The smallest absolute Gasteiger partial charge is 0.229 e. The molecule has 1 aliphatic rings. The van der Waals surface area contributed by atoms with Crippen LogP contribution >= 0.6 is 0 Å². The molecule has 2 aromatic rings. The Morgan fingerprint density at radius 1 is 1.39 bits per heavy atom. The Kier molecular flexibility index (Phi) is 2.83. The van der Waals surface area contributed by atoms with Gasteiger partial charge in [-0.2, -0.15) is 4.98 Å². The van der Waals surface area contributed by atoms with Crippen LogP contribution in [0, 0.1) is 5.82 Å². The monoisotopic (exact) mass is 248 g/mol. The molecule has 18 heavy (non-hydrogen) atoms. The second-order valence-electron chi connectivity index (χ2n) is 4.68. The molecule has 0 bridgehead atoms. The summed E-state index contributed by atoms with van der Waals surface area (Å²) in [4.78, 5) is 4.28. The Morgan fingerprint density at radius 2 is 2.22 bits per heavy atom. The molecule has 4 nitrogen and oxygen atoms in total. The number of rotatable bonds is 3. The molecule has 0 amide bonds. The third-order valence-corrected chi connectivity index (χ3v) is 3.20. The van der Waals surface area contributed by atoms with Crippen LogP contribution in [0.1, 0.15) is 36.0 Å². The van der Waals surface area contributed by atoms with Crippen molar-refractivity contribution in [3.8, 4) is 0 Å². The fourth-order valence-electron chi connectivity index (χ4n) is 2.12. The number of halogens is 1. The Morgan fingerprint density at radius 3 is 2.94 bits per heavy atom. The molecule has 0 spiro atoms. The van der Waals surface area contributed by atoms with Crippen LogP contribution < -0.4 is 0 Å². The van der Waals surface area contributed by atoms with Gasteiger partial charge in [-0.1, -0.05) is 17.3 Å². The van der Waals surface area contributed by atoms with Crippen LogP contribution in [-0.4, -0.2) is 21.4 Å². The lowest BCUT2D eigenvalue weighted by atomic mass is 9.82. The first-order valence-electron chi connectivity index (χ1n) is 5.95. The van der Waals surface area contributed by atoms with E-state index >= 15 is 0 Å². The van der Waals surface area contributed by atoms with E-state index in [9.17, 15) is 9.50 Å². The van der Waals surface area contributed by atoms with Gasteiger partial charge in [0.2, 0.25) is 5.89 Å². The van der Waals surface area contributed by atoms with E-state index in [-0.39, 0.29) is 17.8 Å². The van der Waals surface area contributed by atoms with E-state index in [4.69, 9.17) is 4.52 Å². The second kappa shape index (κ2) is 4.49. The minimum Gasteiger partial charge on any atom is -0.393 e. The van der Waals surface area contributed by atoms with Crippen LogP contribution in [0.2, 0.25) is 0 Å². The molecule has 1 aromatic heterocycles. The molecule has 1 fully saturated rings. The van der Waals surface area contributed by atoms with Crippen molar-refractivity contribution in [1.82, 2.24) is 10.1 Å². The number of hydrogen-bond donors (Lipinski definition) is 1. The van der Waals surface area contributed by atoms with Crippen molar-refractivity contribution in [2.75, 3.05) is 0 Å². The number of aliphatic hydroxyl groups is 1. The molecule has 0 radical (unpaired) electrons. The Bertz CT molecular complexity index is 549. The van der Waals surface area contributed by atoms with Crippen molar-refractivity contribution in [3.05, 3.63) is 47.4 Å². The Balaban J connectivity index is 1.70. The lowest BCUT2D eigenvalue weighted by molar-refractivity contribution is 0.0625. The van der Waals surface area contributed by atoms with Crippen LogP contribution in [0.5, 0.6) is 0 Å². The molecule has 0 unspecified atom stereocenters. The van der Waals surface area contributed by atoms with Gasteiger partial charge in [-0.05, 0) is 30.5 Å². The van der Waals surface area contributed by atoms with Crippen LogP contribution in [0.15, 0.2) is 28.8 Å². The molecule has 1 N–H and O–H groups in total. The molecule has 1 saturated carbocycles. The van der Waals surface area contributed by atoms with Gasteiger partial charge in [0.1, 0.15) is 5.82 Å². The number of aliphatic hydroxyl groups excluding tert-OH is 1. The number of benzene rings is 1. The van der Waals surface area contributed by atoms with Crippen LogP contribution in [-0.2, 0) is 6.42 Å². The summed E-state index contributed by atoms with van der Waals surface area (Å²) < 4.78 is 18.2. The van der Waals surface area contributed by atoms with Crippen molar-refractivity contribution in [2.24, 2.45) is 0 Å². The summed E-state index contributed by atoms with van der Waals surface area (Å²) >= 11 is 0. The molecule has 94 valence electrons. The fourth-order valence-corrected chi connectivity index (χ4v) is 2.12. The summed E-state index contributed by atoms with van der Waals surface area (Å²) in [5.74, 6) is 1.04. The highest BCUT2D eigenvalue weighted by Crippen LogP contribution is 2.35. The highest BCUT2D eigenvalue weighted by atomic mass is 19.1. The van der Waals surface area contributed by atoms with E-state index < -0.39 is 0 Å². The predicted octanol–water partition coefficient (Wildman–Crippen LogP) is 2.04. The van der Waals surface area contributed by atoms with E-state index in [2.05, 4.69) is 10.1 Å². The summed E-state index contributed by atoms with van der Waals surface area (Å²) in [6.45, 7) is 0. The first-order chi connectivity index (χ1) is 8.70. The van der Waals surface area contributed by atoms with Gasteiger partial charge < -0.3 is 9.63 Å². The quantitative estimate of drug-likeness (QED) is 0.903. The lowest BCUT2D eigenvalue weighted by Crippen LogP contribution is -2.26. The maximum absolute atomic E-state index is 13.0. The topological polar surface area (TPSA) is 59.2 Å². The second-order valence-corrected chi connectivity index (χ2v) is 4.68. The third-order valence-electron chi connectivity index (χ3n) is 3.20. The maximum Gasteiger partial charge on any atom is 0.229 e. The number of aromatic nitrogens is 2. The van der Waals surface area contributed by atoms with E-state index in [1.807, 2.05) is 6.07 Å². The van der Waals surface area contributed by atoms with Crippen molar-refractivity contribution in [1.29, 1.82) is 0 Å². The average molecular weight is 248 g/mol. The van der Waals surface area contributed by atoms with E-state index in [1.54, 1.807) is 6.07 Å². The molecule has 0 saturated heterocycles. The van der Waals surface area contributed by atoms with Gasteiger partial charge in [-0.25, -0.2) is 4.39 Å². The average Bonchev–Trinajstić information content (AvgIpc) is 2.73. The molecular weight excluding hydrogens is 235 g/mol. The number of hydrogen-bond acceptors (Lipinski definition) is 4. The van der Waals surface area contributed by atoms with Gasteiger partial charge in [0.05, 0.1) is 6.10 Å². The zero-order valence-electron chi connectivity index (χ0n) is 9.71. The lowest BCUT2D eigenvalue weighted by Gasteiger charge is -2.27. The molecular formula is C13H13FN2O2. The van der Waals surface area contributed by atoms with Crippen LogP contribution in [0.3, 0.4) is 0 Å². The molecule has 0 aliphatic heterocycles. The zero-order valence-corrected chi connectivity index (χ0v) is 9.71. The van der Waals surface area contributed by atoms with Crippen LogP contribution in [0.25, 0.3) is 0 Å². The van der Waals surface area contributed by atoms with Gasteiger partial charge >= 0.3 is 0 Å². The molecule has 1 aromatic carbocycles. The minimum absolute atomic E-state index is 0.175. The highest BCUT2D eigenvalue weighted by molar-refractivity contribution is 5.20. The Hall–Kier alpha value is -1.75. The normalized spacial score (nSPS) is 22.8. The Labute approximate surface area is 103 Å². The standard InChI is InChI=1S/C13H13FN2O2/c14-10-3-1-2-8(4-10)5-12-15-13(18-16-12)9-6-11(17)7-9/h1-4,9,11,17H,5-7H2. The van der Waals surface area contributed by atoms with Crippen molar-refractivity contribution in [3.63, 3.8) is 0 Å². The van der Waals surface area contributed by atoms with Crippen molar-refractivity contribution in [2.45, 2.75) is 31.3 Å². The molecule has 1 aliphatic carbocycles. The fraction of sp³-hybridized carbons (Fsp3) is 0.385. The maximum atomic E-state index is 13.0. The largest absolute Gasteiger partial charge is 0.393 e. The van der Waals surface area contributed by atoms with Gasteiger partial charge in [-0.15, -0.1) is 0 Å². The molecule has 0 atom stereocenters. The van der Waals surface area contributed by atoms with Crippen molar-refractivity contribution >= 4 is 0 Å². The van der Waals surface area contributed by atoms with Gasteiger partial charge in [0.25, 0.3) is 0 Å². The SMILES string of the molecule is OC1CC(c2nc(Cc3cccc(F)c3)no2)C1. The van der Waals surface area contributed by atoms with E-state index in [0.29, 0.717) is 31.0 Å². The summed E-state index contributed by atoms with van der Waals surface area (Å²) in [7, 11) is 0. The third kappa shape index (κ3) is 2.26. The first kappa shape index (κ1) is 11.3. The summed E-state index contributed by atoms with van der Waals surface area (Å²) in [6.07, 6.45) is 1.58. The van der Waals surface area contributed by atoms with Crippen LogP contribution in [0.4, 0.5) is 4.39 Å². The van der Waals surface area contributed by atoms with E-state index in [0.717, 1.165) is 5.56 Å². The van der Waals surface area contributed by atoms with Gasteiger partial charge in [0.15, 0.2) is 5.82 Å². The predicted molar refractivity (Wildman–Crippen MR) is 61.5 cm³/mol. The molecule has 1 heterocycles. The van der Waals surface area contributed by atoms with E-state index in [1.165, 1.54) is 12.1 Å².